The fraction of sp³-hybridized carbons (Fsp3) is 1.00. The van der Waals surface area contributed by atoms with E-state index >= 15 is 0 Å². The van der Waals surface area contributed by atoms with E-state index in [1.54, 1.807) is 0 Å². The van der Waals surface area contributed by atoms with Gasteiger partial charge in [0.1, 0.15) is 0 Å². The third-order valence-electron chi connectivity index (χ3n) is 2.86. The number of sulfone groups is 1. The second kappa shape index (κ2) is 5.82. The Labute approximate surface area is 92.0 Å². The number of rotatable bonds is 6. The Hall–Kier alpha value is -0.130. The zero-order valence-electron chi connectivity index (χ0n) is 9.28. The van der Waals surface area contributed by atoms with Crippen molar-refractivity contribution < 1.29 is 13.5 Å². The molecule has 15 heavy (non-hydrogen) atoms. The third-order valence-corrected chi connectivity index (χ3v) is 5.20. The Morgan fingerprint density at radius 3 is 2.53 bits per heavy atom. The molecule has 0 amide bonds. The van der Waals surface area contributed by atoms with Crippen molar-refractivity contribution in [3.63, 3.8) is 0 Å². The topological polar surface area (TPSA) is 66.4 Å². The van der Waals surface area contributed by atoms with Crippen LogP contribution in [0.15, 0.2) is 0 Å². The van der Waals surface area contributed by atoms with Crippen LogP contribution in [0.2, 0.25) is 0 Å². The maximum absolute atomic E-state index is 11.8. The van der Waals surface area contributed by atoms with Crippen molar-refractivity contribution in [3.8, 4) is 0 Å². The molecule has 0 bridgehead atoms. The van der Waals surface area contributed by atoms with Crippen LogP contribution in [-0.4, -0.2) is 43.7 Å². The van der Waals surface area contributed by atoms with Crippen LogP contribution in [0.3, 0.4) is 0 Å². The molecule has 0 aromatic carbocycles. The predicted molar refractivity (Wildman–Crippen MR) is 60.6 cm³/mol. The fourth-order valence-corrected chi connectivity index (χ4v) is 4.00. The fourth-order valence-electron chi connectivity index (χ4n) is 2.02. The van der Waals surface area contributed by atoms with E-state index < -0.39 is 15.9 Å². The van der Waals surface area contributed by atoms with E-state index in [0.29, 0.717) is 6.54 Å². The minimum atomic E-state index is -3.08. The average Bonchev–Trinajstić information content (AvgIpc) is 2.67. The minimum absolute atomic E-state index is 0.0926. The van der Waals surface area contributed by atoms with E-state index in [-0.39, 0.29) is 11.0 Å². The SMILES string of the molecule is CCNCC(O)CS(=O)(=O)C1CCCC1. The lowest BCUT2D eigenvalue weighted by molar-refractivity contribution is 0.194. The smallest absolute Gasteiger partial charge is 0.155 e. The first-order chi connectivity index (χ1) is 7.06. The molecule has 0 aliphatic heterocycles. The van der Waals surface area contributed by atoms with E-state index in [2.05, 4.69) is 5.32 Å². The van der Waals surface area contributed by atoms with Crippen molar-refractivity contribution in [1.29, 1.82) is 0 Å². The highest BCUT2D eigenvalue weighted by atomic mass is 32.2. The average molecular weight is 235 g/mol. The van der Waals surface area contributed by atoms with Crippen LogP contribution >= 0.6 is 0 Å². The lowest BCUT2D eigenvalue weighted by atomic mass is 10.4. The minimum Gasteiger partial charge on any atom is -0.391 e. The van der Waals surface area contributed by atoms with E-state index in [0.717, 1.165) is 32.2 Å². The van der Waals surface area contributed by atoms with Gasteiger partial charge in [-0.05, 0) is 19.4 Å². The molecule has 0 heterocycles. The Kier molecular flexibility index (Phi) is 5.02. The van der Waals surface area contributed by atoms with Crippen molar-refractivity contribution >= 4 is 9.84 Å². The van der Waals surface area contributed by atoms with E-state index in [1.165, 1.54) is 0 Å². The molecule has 0 saturated heterocycles. The molecule has 2 N–H and O–H groups in total. The molecule has 1 aliphatic carbocycles. The summed E-state index contributed by atoms with van der Waals surface area (Å²) in [4.78, 5) is 0. The zero-order valence-corrected chi connectivity index (χ0v) is 10.1. The highest BCUT2D eigenvalue weighted by molar-refractivity contribution is 7.92. The maximum atomic E-state index is 11.8. The normalized spacial score (nSPS) is 20.7. The van der Waals surface area contributed by atoms with Gasteiger partial charge in [0.15, 0.2) is 9.84 Å². The molecule has 90 valence electrons. The standard InChI is InChI=1S/C10H21NO3S/c1-2-11-7-9(12)8-15(13,14)10-5-3-4-6-10/h9-12H,2-8H2,1H3. The summed E-state index contributed by atoms with van der Waals surface area (Å²) < 4.78 is 23.6. The second-order valence-corrected chi connectivity index (χ2v) is 6.52. The van der Waals surface area contributed by atoms with Gasteiger partial charge < -0.3 is 10.4 Å². The predicted octanol–water partition coefficient (Wildman–Crippen LogP) is 0.314. The summed E-state index contributed by atoms with van der Waals surface area (Å²) in [6.07, 6.45) is 2.79. The van der Waals surface area contributed by atoms with Gasteiger partial charge in [0.05, 0.1) is 17.1 Å². The van der Waals surface area contributed by atoms with E-state index in [4.69, 9.17) is 0 Å². The van der Waals surface area contributed by atoms with Gasteiger partial charge in [0.25, 0.3) is 0 Å². The summed E-state index contributed by atoms with van der Waals surface area (Å²) in [5.41, 5.74) is 0. The van der Waals surface area contributed by atoms with Crippen molar-refractivity contribution in [1.82, 2.24) is 5.32 Å². The molecule has 0 aromatic heterocycles. The molecule has 1 atom stereocenters. The number of hydrogen-bond donors (Lipinski definition) is 2. The van der Waals surface area contributed by atoms with Gasteiger partial charge in [0, 0.05) is 6.54 Å². The monoisotopic (exact) mass is 235 g/mol. The van der Waals surface area contributed by atoms with Gasteiger partial charge in [-0.25, -0.2) is 8.42 Å². The molecule has 1 unspecified atom stereocenters. The summed E-state index contributed by atoms with van der Waals surface area (Å²) in [7, 11) is -3.08. The first-order valence-electron chi connectivity index (χ1n) is 5.66. The Morgan fingerprint density at radius 1 is 1.40 bits per heavy atom. The Balaban J connectivity index is 2.41. The largest absolute Gasteiger partial charge is 0.391 e. The quantitative estimate of drug-likeness (QED) is 0.695. The molecule has 0 aromatic rings. The van der Waals surface area contributed by atoms with Crippen LogP contribution in [0.25, 0.3) is 0 Å². The van der Waals surface area contributed by atoms with Crippen LogP contribution in [0.1, 0.15) is 32.6 Å². The summed E-state index contributed by atoms with van der Waals surface area (Å²) in [5.74, 6) is -0.0926. The van der Waals surface area contributed by atoms with Crippen molar-refractivity contribution in [3.05, 3.63) is 0 Å². The van der Waals surface area contributed by atoms with Crippen LogP contribution in [0.5, 0.6) is 0 Å². The molecular weight excluding hydrogens is 214 g/mol. The number of aliphatic hydroxyl groups excluding tert-OH is 1. The summed E-state index contributed by atoms with van der Waals surface area (Å²) in [6.45, 7) is 3.04. The first-order valence-corrected chi connectivity index (χ1v) is 7.38. The van der Waals surface area contributed by atoms with Gasteiger partial charge >= 0.3 is 0 Å². The molecule has 1 rings (SSSR count). The number of nitrogens with one attached hydrogen (secondary N) is 1. The summed E-state index contributed by atoms with van der Waals surface area (Å²) in [5, 5.41) is 12.3. The molecule has 0 spiro atoms. The van der Waals surface area contributed by atoms with Gasteiger partial charge in [0.2, 0.25) is 0 Å². The van der Waals surface area contributed by atoms with Crippen molar-refractivity contribution in [2.75, 3.05) is 18.8 Å². The summed E-state index contributed by atoms with van der Waals surface area (Å²) in [6, 6.07) is 0. The highest BCUT2D eigenvalue weighted by Crippen LogP contribution is 2.25. The highest BCUT2D eigenvalue weighted by Gasteiger charge is 2.30. The van der Waals surface area contributed by atoms with Crippen LogP contribution < -0.4 is 5.32 Å². The van der Waals surface area contributed by atoms with Crippen molar-refractivity contribution in [2.24, 2.45) is 0 Å². The zero-order chi connectivity index (χ0) is 11.3. The van der Waals surface area contributed by atoms with Gasteiger partial charge in [-0.15, -0.1) is 0 Å². The summed E-state index contributed by atoms with van der Waals surface area (Å²) >= 11 is 0. The molecule has 1 aliphatic rings. The van der Waals surface area contributed by atoms with E-state index in [9.17, 15) is 13.5 Å². The van der Waals surface area contributed by atoms with Crippen LogP contribution in [0, 0.1) is 0 Å². The first kappa shape index (κ1) is 12.9. The third kappa shape index (κ3) is 4.09. The molecule has 4 nitrogen and oxygen atoms in total. The van der Waals surface area contributed by atoms with Gasteiger partial charge in [-0.3, -0.25) is 0 Å². The molecule has 0 radical (unpaired) electrons. The van der Waals surface area contributed by atoms with Crippen molar-refractivity contribution in [2.45, 2.75) is 44.0 Å². The number of aliphatic hydroxyl groups is 1. The Bertz CT molecular complexity index is 270. The molecule has 5 heteroatoms. The van der Waals surface area contributed by atoms with Gasteiger partial charge in [-0.1, -0.05) is 19.8 Å². The molecule has 1 fully saturated rings. The molecular formula is C10H21NO3S. The second-order valence-electron chi connectivity index (χ2n) is 4.20. The maximum Gasteiger partial charge on any atom is 0.155 e. The van der Waals surface area contributed by atoms with Gasteiger partial charge in [-0.2, -0.15) is 0 Å². The lowest BCUT2D eigenvalue weighted by Gasteiger charge is -2.15. The Morgan fingerprint density at radius 2 is 2.00 bits per heavy atom. The molecule has 1 saturated carbocycles. The number of likely N-dealkylation sites (N-methyl/N-ethyl adjacent to an activating group) is 1. The number of hydrogen-bond acceptors (Lipinski definition) is 4. The van der Waals surface area contributed by atoms with E-state index in [1.807, 2.05) is 6.92 Å². The van der Waals surface area contributed by atoms with Crippen LogP contribution in [0.4, 0.5) is 0 Å². The van der Waals surface area contributed by atoms with Crippen LogP contribution in [-0.2, 0) is 9.84 Å². The lowest BCUT2D eigenvalue weighted by Crippen LogP contribution is -2.35.